The minimum Gasteiger partial charge on any atom is -0.310 e. The van der Waals surface area contributed by atoms with Crippen molar-refractivity contribution in [3.8, 4) is 5.69 Å². The van der Waals surface area contributed by atoms with E-state index in [0.717, 1.165) is 23.7 Å². The zero-order valence-electron chi connectivity index (χ0n) is 15.3. The fourth-order valence-corrected chi connectivity index (χ4v) is 3.35. The van der Waals surface area contributed by atoms with Gasteiger partial charge in [0.25, 0.3) is 0 Å². The Labute approximate surface area is 154 Å². The number of benzene rings is 1. The van der Waals surface area contributed by atoms with E-state index < -0.39 is 0 Å². The molecule has 2 aromatic heterocycles. The van der Waals surface area contributed by atoms with Crippen molar-refractivity contribution in [3.05, 3.63) is 65.0 Å². The lowest BCUT2D eigenvalue weighted by Gasteiger charge is -2.17. The predicted molar refractivity (Wildman–Crippen MR) is 103 cm³/mol. The van der Waals surface area contributed by atoms with E-state index in [1.165, 1.54) is 11.1 Å². The average Bonchev–Trinajstić information content (AvgIpc) is 3.14. The predicted octanol–water partition coefficient (Wildman–Crippen LogP) is 3.95. The van der Waals surface area contributed by atoms with Crippen LogP contribution in [0.15, 0.2) is 49.1 Å². The zero-order valence-corrected chi connectivity index (χ0v) is 16.1. The molecule has 0 aliphatic carbocycles. The Balaban J connectivity index is 1.81. The van der Waals surface area contributed by atoms with Gasteiger partial charge >= 0.3 is 0 Å². The summed E-state index contributed by atoms with van der Waals surface area (Å²) in [5.41, 5.74) is 3.66. The molecule has 0 radical (unpaired) electrons. The molecule has 3 aromatic rings. The summed E-state index contributed by atoms with van der Waals surface area (Å²) >= 11 is 5.72. The van der Waals surface area contributed by atoms with Crippen LogP contribution < -0.4 is 0 Å². The van der Waals surface area contributed by atoms with Crippen LogP contribution in [-0.2, 0) is 20.3 Å². The summed E-state index contributed by atoms with van der Waals surface area (Å²) in [5.74, 6) is 0.453. The smallest absolute Gasteiger partial charge is 0.185 e. The van der Waals surface area contributed by atoms with Gasteiger partial charge in [0, 0.05) is 37.7 Å². The summed E-state index contributed by atoms with van der Waals surface area (Å²) in [6, 6.07) is 8.46. The number of hydrogen-bond donors (Lipinski definition) is 0. The van der Waals surface area contributed by atoms with Crippen molar-refractivity contribution < 1.29 is 0 Å². The molecule has 0 spiro atoms. The quantitative estimate of drug-likeness (QED) is 0.627. The molecule has 1 aromatic carbocycles. The van der Waals surface area contributed by atoms with Gasteiger partial charge in [0.2, 0.25) is 0 Å². The number of para-hydroxylation sites is 1. The highest BCUT2D eigenvalue weighted by atomic mass is 32.1. The van der Waals surface area contributed by atoms with Crippen LogP contribution in [0, 0.1) is 4.77 Å². The van der Waals surface area contributed by atoms with Crippen LogP contribution in [0.4, 0.5) is 0 Å². The molecule has 0 aliphatic rings. The number of imidazole rings is 1. The third kappa shape index (κ3) is 3.91. The van der Waals surface area contributed by atoms with E-state index in [1.807, 2.05) is 24.1 Å². The lowest BCUT2D eigenvalue weighted by atomic mass is 10.0. The van der Waals surface area contributed by atoms with Crippen LogP contribution in [0.5, 0.6) is 0 Å². The fraction of sp³-hybridized carbons (Fsp3) is 0.368. The highest BCUT2D eigenvalue weighted by Crippen LogP contribution is 2.23. The van der Waals surface area contributed by atoms with Gasteiger partial charge in [-0.2, -0.15) is 5.10 Å². The molecule has 2 heterocycles. The minimum absolute atomic E-state index is 0.453. The van der Waals surface area contributed by atoms with Gasteiger partial charge in [0.1, 0.15) is 0 Å². The van der Waals surface area contributed by atoms with Crippen LogP contribution >= 0.6 is 12.2 Å². The van der Waals surface area contributed by atoms with Crippen molar-refractivity contribution in [2.24, 2.45) is 7.05 Å². The molecular formula is C19H25N5S. The Morgan fingerprint density at radius 1 is 1.20 bits per heavy atom. The van der Waals surface area contributed by atoms with Gasteiger partial charge in [-0.3, -0.25) is 14.1 Å². The summed E-state index contributed by atoms with van der Waals surface area (Å²) in [6.07, 6.45) is 8.06. The Morgan fingerprint density at radius 2 is 1.96 bits per heavy atom. The first-order valence-corrected chi connectivity index (χ1v) is 8.89. The average molecular weight is 356 g/mol. The maximum atomic E-state index is 5.72. The van der Waals surface area contributed by atoms with Crippen molar-refractivity contribution in [1.29, 1.82) is 0 Å². The largest absolute Gasteiger partial charge is 0.310 e. The molecular weight excluding hydrogens is 330 g/mol. The van der Waals surface area contributed by atoms with Gasteiger partial charge in [0.05, 0.1) is 18.6 Å². The maximum absolute atomic E-state index is 5.72. The molecule has 132 valence electrons. The highest BCUT2D eigenvalue weighted by molar-refractivity contribution is 7.71. The van der Waals surface area contributed by atoms with Crippen LogP contribution in [0.1, 0.15) is 30.9 Å². The van der Waals surface area contributed by atoms with Gasteiger partial charge in [-0.05, 0) is 36.8 Å². The van der Waals surface area contributed by atoms with Crippen molar-refractivity contribution in [2.45, 2.75) is 33.0 Å². The van der Waals surface area contributed by atoms with Crippen molar-refractivity contribution in [3.63, 3.8) is 0 Å². The summed E-state index contributed by atoms with van der Waals surface area (Å²) < 4.78 is 6.84. The maximum Gasteiger partial charge on any atom is 0.185 e. The highest BCUT2D eigenvalue weighted by Gasteiger charge is 2.11. The third-order valence-electron chi connectivity index (χ3n) is 4.27. The summed E-state index contributed by atoms with van der Waals surface area (Å²) in [4.78, 5) is 2.23. The second-order valence-corrected chi connectivity index (χ2v) is 7.18. The SMILES string of the molecule is CC(C)c1ccccc1-n1ccn(CN(C)Cc2cnn(C)c2)c1=S. The standard InChI is InChI=1S/C19H25N5S/c1-15(2)17-7-5-6-8-18(17)24-10-9-23(19(24)25)14-21(3)12-16-11-20-22(4)13-16/h5-11,13,15H,12,14H2,1-4H3. The van der Waals surface area contributed by atoms with Crippen molar-refractivity contribution in [2.75, 3.05) is 7.05 Å². The molecule has 0 saturated heterocycles. The van der Waals surface area contributed by atoms with Gasteiger partial charge in [-0.25, -0.2) is 0 Å². The number of aromatic nitrogens is 4. The van der Waals surface area contributed by atoms with Gasteiger partial charge < -0.3 is 4.57 Å². The van der Waals surface area contributed by atoms with E-state index in [4.69, 9.17) is 12.2 Å². The second-order valence-electron chi connectivity index (χ2n) is 6.81. The Bertz CT molecular complexity index is 902. The van der Waals surface area contributed by atoms with E-state index in [-0.39, 0.29) is 0 Å². The van der Waals surface area contributed by atoms with E-state index >= 15 is 0 Å². The van der Waals surface area contributed by atoms with Gasteiger partial charge in [-0.1, -0.05) is 32.0 Å². The number of rotatable bonds is 6. The zero-order chi connectivity index (χ0) is 18.0. The molecule has 25 heavy (non-hydrogen) atoms. The van der Waals surface area contributed by atoms with E-state index in [1.54, 1.807) is 0 Å². The molecule has 0 saturated carbocycles. The molecule has 0 atom stereocenters. The van der Waals surface area contributed by atoms with Gasteiger partial charge in [-0.15, -0.1) is 0 Å². The fourth-order valence-electron chi connectivity index (χ4n) is 3.07. The van der Waals surface area contributed by atoms with E-state index in [0.29, 0.717) is 5.92 Å². The van der Waals surface area contributed by atoms with Crippen LogP contribution in [0.2, 0.25) is 0 Å². The third-order valence-corrected chi connectivity index (χ3v) is 4.70. The first-order chi connectivity index (χ1) is 12.0. The Morgan fingerprint density at radius 3 is 2.64 bits per heavy atom. The van der Waals surface area contributed by atoms with Crippen LogP contribution in [0.25, 0.3) is 5.69 Å². The van der Waals surface area contributed by atoms with Crippen molar-refractivity contribution >= 4 is 12.2 Å². The molecule has 0 fully saturated rings. The number of aryl methyl sites for hydroxylation is 1. The second kappa shape index (κ2) is 7.37. The summed E-state index contributed by atoms with van der Waals surface area (Å²) in [6.45, 7) is 6.00. The van der Waals surface area contributed by atoms with Gasteiger partial charge in [0.15, 0.2) is 4.77 Å². The molecule has 3 rings (SSSR count). The van der Waals surface area contributed by atoms with Crippen LogP contribution in [-0.4, -0.2) is 30.9 Å². The van der Waals surface area contributed by atoms with Crippen LogP contribution in [0.3, 0.4) is 0 Å². The summed E-state index contributed by atoms with van der Waals surface area (Å²) in [7, 11) is 4.03. The Hall–Kier alpha value is -2.18. The topological polar surface area (TPSA) is 30.9 Å². The van der Waals surface area contributed by atoms with Crippen molar-refractivity contribution in [1.82, 2.24) is 23.8 Å². The number of nitrogens with zero attached hydrogens (tertiary/aromatic N) is 5. The summed E-state index contributed by atoms with van der Waals surface area (Å²) in [5, 5.41) is 4.22. The monoisotopic (exact) mass is 355 g/mol. The molecule has 0 unspecified atom stereocenters. The number of hydrogen-bond acceptors (Lipinski definition) is 3. The normalized spacial score (nSPS) is 11.6. The first kappa shape index (κ1) is 17.6. The lowest BCUT2D eigenvalue weighted by Crippen LogP contribution is -2.21. The van der Waals surface area contributed by atoms with E-state index in [2.05, 4.69) is 76.7 Å². The molecule has 0 N–H and O–H groups in total. The molecule has 0 amide bonds. The lowest BCUT2D eigenvalue weighted by molar-refractivity contribution is 0.258. The first-order valence-electron chi connectivity index (χ1n) is 8.49. The van der Waals surface area contributed by atoms with E-state index in [9.17, 15) is 0 Å². The Kier molecular flexibility index (Phi) is 5.20. The molecule has 6 heteroatoms. The molecule has 0 aliphatic heterocycles. The molecule has 5 nitrogen and oxygen atoms in total. The molecule has 0 bridgehead atoms. The minimum atomic E-state index is 0.453.